The first-order valence-electron chi connectivity index (χ1n) is 5.84. The fourth-order valence-corrected chi connectivity index (χ4v) is 1.78. The third kappa shape index (κ3) is 6.05. The van der Waals surface area contributed by atoms with E-state index in [1.807, 2.05) is 13.8 Å². The van der Waals surface area contributed by atoms with Gasteiger partial charge in [0.1, 0.15) is 6.61 Å². The van der Waals surface area contributed by atoms with Crippen LogP contribution < -0.4 is 0 Å². The number of rotatable bonds is 3. The number of terminal acetylenes is 1. The van der Waals surface area contributed by atoms with Crippen molar-refractivity contribution in [3.8, 4) is 12.3 Å². The maximum Gasteiger partial charge on any atom is 0.107 e. The highest BCUT2D eigenvalue weighted by Crippen LogP contribution is 2.28. The third-order valence-corrected chi connectivity index (χ3v) is 2.67. The molecule has 1 saturated carbocycles. The van der Waals surface area contributed by atoms with Crippen LogP contribution in [-0.4, -0.2) is 13.2 Å². The summed E-state index contributed by atoms with van der Waals surface area (Å²) in [6, 6.07) is 0. The zero-order chi connectivity index (χ0) is 10.8. The molecule has 1 fully saturated rings. The molecular weight excluding hydrogens is 172 g/mol. The van der Waals surface area contributed by atoms with Crippen LogP contribution in [0.3, 0.4) is 0 Å². The van der Waals surface area contributed by atoms with Crippen molar-refractivity contribution in [1.82, 2.24) is 0 Å². The topological polar surface area (TPSA) is 9.23 Å². The molecule has 1 aliphatic carbocycles. The van der Waals surface area contributed by atoms with Crippen molar-refractivity contribution >= 4 is 0 Å². The molecule has 0 aromatic rings. The van der Waals surface area contributed by atoms with Crippen LogP contribution in [-0.2, 0) is 4.74 Å². The molecule has 0 spiro atoms. The van der Waals surface area contributed by atoms with E-state index in [4.69, 9.17) is 11.2 Å². The van der Waals surface area contributed by atoms with Crippen LogP contribution in [0.15, 0.2) is 0 Å². The molecule has 0 radical (unpaired) electrons. The fraction of sp³-hybridized carbons (Fsp3) is 0.846. The lowest BCUT2D eigenvalue weighted by Gasteiger charge is -2.25. The van der Waals surface area contributed by atoms with Gasteiger partial charge in [-0.2, -0.15) is 0 Å². The van der Waals surface area contributed by atoms with Crippen LogP contribution in [0.2, 0.25) is 0 Å². The Morgan fingerprint density at radius 3 is 2.29 bits per heavy atom. The summed E-state index contributed by atoms with van der Waals surface area (Å²) in [7, 11) is 0. The van der Waals surface area contributed by atoms with Crippen LogP contribution in [0.1, 0.15) is 46.5 Å². The molecule has 1 rings (SSSR count). The van der Waals surface area contributed by atoms with Crippen molar-refractivity contribution in [2.75, 3.05) is 13.2 Å². The number of ether oxygens (including phenoxy) is 1. The van der Waals surface area contributed by atoms with Crippen LogP contribution in [0.25, 0.3) is 0 Å². The van der Waals surface area contributed by atoms with Crippen LogP contribution in [0.5, 0.6) is 0 Å². The summed E-state index contributed by atoms with van der Waals surface area (Å²) in [5, 5.41) is 0. The Labute approximate surface area is 89.2 Å². The predicted octanol–water partition coefficient (Wildman–Crippen LogP) is 3.49. The van der Waals surface area contributed by atoms with Gasteiger partial charge >= 0.3 is 0 Å². The maximum atomic E-state index is 5.32. The molecule has 1 nitrogen and oxygen atoms in total. The first-order chi connectivity index (χ1) is 6.83. The van der Waals surface area contributed by atoms with Gasteiger partial charge in [0.05, 0.1) is 6.61 Å². The quantitative estimate of drug-likeness (QED) is 0.496. The summed E-state index contributed by atoms with van der Waals surface area (Å²) in [5.41, 5.74) is 0. The first-order valence-corrected chi connectivity index (χ1v) is 5.84. The minimum atomic E-state index is 0.478. The Morgan fingerprint density at radius 2 is 1.79 bits per heavy atom. The Morgan fingerprint density at radius 1 is 1.21 bits per heavy atom. The Hall–Kier alpha value is -0.480. The van der Waals surface area contributed by atoms with Gasteiger partial charge in [-0.15, -0.1) is 6.42 Å². The number of hydrogen-bond acceptors (Lipinski definition) is 1. The Balaban J connectivity index is 0.000000791. The van der Waals surface area contributed by atoms with Gasteiger partial charge in [-0.05, 0) is 24.7 Å². The highest BCUT2D eigenvalue weighted by Gasteiger charge is 2.17. The molecule has 0 aliphatic heterocycles. The van der Waals surface area contributed by atoms with E-state index in [1.165, 1.54) is 25.7 Å². The minimum Gasteiger partial charge on any atom is -0.369 e. The van der Waals surface area contributed by atoms with Crippen molar-refractivity contribution in [2.45, 2.75) is 46.5 Å². The van der Waals surface area contributed by atoms with Gasteiger partial charge in [-0.1, -0.05) is 39.5 Å². The summed E-state index contributed by atoms with van der Waals surface area (Å²) >= 11 is 0. The molecule has 0 aromatic heterocycles. The molecule has 0 aromatic carbocycles. The monoisotopic (exact) mass is 196 g/mol. The summed E-state index contributed by atoms with van der Waals surface area (Å²) in [6.07, 6.45) is 10.5. The highest BCUT2D eigenvalue weighted by atomic mass is 16.5. The summed E-state index contributed by atoms with van der Waals surface area (Å²) in [5.74, 6) is 4.19. The van der Waals surface area contributed by atoms with Gasteiger partial charge in [0.15, 0.2) is 0 Å². The summed E-state index contributed by atoms with van der Waals surface area (Å²) in [4.78, 5) is 0. The summed E-state index contributed by atoms with van der Waals surface area (Å²) < 4.78 is 5.32. The van der Waals surface area contributed by atoms with Crippen molar-refractivity contribution < 1.29 is 4.74 Å². The standard InChI is InChI=1S/C11H18O.C2H6/c1-3-8-12-9-11-6-4-10(2)5-7-11;1-2/h1,10-11H,4-9H2,2H3;1-2H3. The molecule has 82 valence electrons. The van der Waals surface area contributed by atoms with Crippen LogP contribution >= 0.6 is 0 Å². The molecular formula is C13H24O. The van der Waals surface area contributed by atoms with Gasteiger partial charge in [0.25, 0.3) is 0 Å². The zero-order valence-corrected chi connectivity index (χ0v) is 9.88. The van der Waals surface area contributed by atoms with Crippen LogP contribution in [0, 0.1) is 24.2 Å². The van der Waals surface area contributed by atoms with Crippen molar-refractivity contribution in [2.24, 2.45) is 11.8 Å². The van der Waals surface area contributed by atoms with E-state index in [9.17, 15) is 0 Å². The van der Waals surface area contributed by atoms with E-state index in [-0.39, 0.29) is 0 Å². The average molecular weight is 196 g/mol. The molecule has 0 atom stereocenters. The van der Waals surface area contributed by atoms with E-state index in [2.05, 4.69) is 12.8 Å². The smallest absolute Gasteiger partial charge is 0.107 e. The lowest BCUT2D eigenvalue weighted by Crippen LogP contribution is -2.17. The number of hydrogen-bond donors (Lipinski definition) is 0. The highest BCUT2D eigenvalue weighted by molar-refractivity contribution is 4.83. The molecule has 0 bridgehead atoms. The largest absolute Gasteiger partial charge is 0.369 e. The van der Waals surface area contributed by atoms with Crippen molar-refractivity contribution in [3.05, 3.63) is 0 Å². The van der Waals surface area contributed by atoms with E-state index >= 15 is 0 Å². The van der Waals surface area contributed by atoms with Gasteiger partial charge < -0.3 is 4.74 Å². The van der Waals surface area contributed by atoms with Crippen molar-refractivity contribution in [1.29, 1.82) is 0 Å². The van der Waals surface area contributed by atoms with Gasteiger partial charge in [-0.3, -0.25) is 0 Å². The maximum absolute atomic E-state index is 5.32. The molecule has 1 heteroatoms. The summed E-state index contributed by atoms with van der Waals surface area (Å²) in [6.45, 7) is 7.68. The normalized spacial score (nSPS) is 25.9. The van der Waals surface area contributed by atoms with E-state index in [0.717, 1.165) is 18.4 Å². The third-order valence-electron chi connectivity index (χ3n) is 2.67. The second-order valence-electron chi connectivity index (χ2n) is 3.85. The second kappa shape index (κ2) is 9.09. The first kappa shape index (κ1) is 13.5. The average Bonchev–Trinajstić information content (AvgIpc) is 2.24. The van der Waals surface area contributed by atoms with E-state index < -0.39 is 0 Å². The van der Waals surface area contributed by atoms with Crippen LogP contribution in [0.4, 0.5) is 0 Å². The Bertz CT molecular complexity index is 149. The van der Waals surface area contributed by atoms with Gasteiger partial charge in [0, 0.05) is 0 Å². The molecule has 1 aliphatic rings. The SMILES string of the molecule is C#CCOCC1CCC(C)CC1.CC. The Kier molecular flexibility index (Phi) is 8.78. The minimum absolute atomic E-state index is 0.478. The predicted molar refractivity (Wildman–Crippen MR) is 62.1 cm³/mol. The molecule has 0 amide bonds. The van der Waals surface area contributed by atoms with Gasteiger partial charge in [0.2, 0.25) is 0 Å². The fourth-order valence-electron chi connectivity index (χ4n) is 1.78. The lowest BCUT2D eigenvalue weighted by molar-refractivity contribution is 0.101. The second-order valence-corrected chi connectivity index (χ2v) is 3.85. The lowest BCUT2D eigenvalue weighted by atomic mass is 9.83. The van der Waals surface area contributed by atoms with E-state index in [0.29, 0.717) is 6.61 Å². The molecule has 0 unspecified atom stereocenters. The van der Waals surface area contributed by atoms with Crippen molar-refractivity contribution in [3.63, 3.8) is 0 Å². The zero-order valence-electron chi connectivity index (χ0n) is 9.88. The molecule has 0 heterocycles. The molecule has 14 heavy (non-hydrogen) atoms. The van der Waals surface area contributed by atoms with E-state index in [1.54, 1.807) is 0 Å². The molecule has 0 saturated heterocycles. The van der Waals surface area contributed by atoms with Gasteiger partial charge in [-0.25, -0.2) is 0 Å². The molecule has 0 N–H and O–H groups in total.